The minimum absolute atomic E-state index is 0.0153. The van der Waals surface area contributed by atoms with Gasteiger partial charge in [0, 0.05) is 5.82 Å². The second-order valence-electron chi connectivity index (χ2n) is 9.91. The molecule has 0 spiro atoms. The van der Waals surface area contributed by atoms with Crippen molar-refractivity contribution in [3.8, 4) is 0 Å². The molecule has 2 N–H and O–H groups in total. The molecule has 0 fully saturated rings. The smallest absolute Gasteiger partial charge is 0.354 e. The first-order valence-electron chi connectivity index (χ1n) is 11.0. The van der Waals surface area contributed by atoms with E-state index in [0.717, 1.165) is 0 Å². The van der Waals surface area contributed by atoms with Crippen molar-refractivity contribution in [3.63, 3.8) is 0 Å². The SMILES string of the molecule is CC(C)OP(=O)(/C=C/C(CO[Si](C)(C)C(C)(C)C)On1cnc2c(N)ncnc21)OC(C)C. The summed E-state index contributed by atoms with van der Waals surface area (Å²) in [6.45, 7) is 18.3. The van der Waals surface area contributed by atoms with Crippen LogP contribution in [-0.2, 0) is 18.0 Å². The summed E-state index contributed by atoms with van der Waals surface area (Å²) in [5.41, 5.74) is 6.74. The zero-order valence-electron chi connectivity index (χ0n) is 21.1. The Hall–Kier alpha value is -1.78. The van der Waals surface area contributed by atoms with Crippen LogP contribution in [0, 0.1) is 0 Å². The van der Waals surface area contributed by atoms with E-state index in [0.29, 0.717) is 11.2 Å². The molecule has 2 rings (SSSR count). The van der Waals surface area contributed by atoms with Crippen LogP contribution in [0.2, 0.25) is 18.1 Å². The van der Waals surface area contributed by atoms with Gasteiger partial charge >= 0.3 is 7.60 Å². The molecule has 33 heavy (non-hydrogen) atoms. The van der Waals surface area contributed by atoms with Crippen LogP contribution in [0.4, 0.5) is 5.82 Å². The summed E-state index contributed by atoms with van der Waals surface area (Å²) < 4.78 is 32.3. The van der Waals surface area contributed by atoms with Crippen LogP contribution in [0.15, 0.2) is 24.5 Å². The van der Waals surface area contributed by atoms with Gasteiger partial charge in [-0.3, -0.25) is 4.57 Å². The third kappa shape index (κ3) is 7.61. The first kappa shape index (κ1) is 27.5. The number of rotatable bonds is 11. The molecule has 0 bridgehead atoms. The summed E-state index contributed by atoms with van der Waals surface area (Å²) >= 11 is 0. The number of anilines is 1. The fourth-order valence-corrected chi connectivity index (χ4v) is 5.35. The Morgan fingerprint density at radius 2 is 1.73 bits per heavy atom. The van der Waals surface area contributed by atoms with E-state index in [-0.39, 0.29) is 29.7 Å². The molecule has 0 aliphatic carbocycles. The molecule has 2 aromatic heterocycles. The highest BCUT2D eigenvalue weighted by Crippen LogP contribution is 2.52. The fraction of sp³-hybridized carbons (Fsp3) is 0.667. The third-order valence-corrected chi connectivity index (χ3v) is 11.7. The molecule has 0 radical (unpaired) electrons. The molecule has 186 valence electrons. The van der Waals surface area contributed by atoms with Crippen molar-refractivity contribution in [2.75, 3.05) is 12.3 Å². The lowest BCUT2D eigenvalue weighted by atomic mass is 10.2. The van der Waals surface area contributed by atoms with Gasteiger partial charge in [-0.05, 0) is 51.9 Å². The molecule has 0 aliphatic heterocycles. The molecule has 2 aromatic rings. The van der Waals surface area contributed by atoms with E-state index in [1.807, 2.05) is 0 Å². The Morgan fingerprint density at radius 1 is 1.12 bits per heavy atom. The highest BCUT2D eigenvalue weighted by molar-refractivity contribution is 7.57. The number of nitrogen functional groups attached to an aromatic ring is 1. The number of hydrogen-bond acceptors (Lipinski definition) is 9. The Morgan fingerprint density at radius 3 is 2.27 bits per heavy atom. The summed E-state index contributed by atoms with van der Waals surface area (Å²) in [5, 5.41) is 0.0153. The number of aromatic nitrogens is 4. The van der Waals surface area contributed by atoms with E-state index in [4.69, 9.17) is 24.0 Å². The first-order chi connectivity index (χ1) is 15.1. The summed E-state index contributed by atoms with van der Waals surface area (Å²) in [5.74, 6) is 1.70. The Balaban J connectivity index is 2.35. The molecule has 0 saturated heterocycles. The van der Waals surface area contributed by atoms with E-state index in [1.54, 1.807) is 33.8 Å². The molecule has 0 saturated carbocycles. The zero-order chi connectivity index (χ0) is 25.0. The molecule has 0 aromatic carbocycles. The molecule has 0 aliphatic rings. The molecule has 10 nitrogen and oxygen atoms in total. The van der Waals surface area contributed by atoms with Crippen molar-refractivity contribution in [1.29, 1.82) is 0 Å². The number of imidazole rings is 1. The van der Waals surface area contributed by atoms with Crippen molar-refractivity contribution in [3.05, 3.63) is 24.5 Å². The zero-order valence-corrected chi connectivity index (χ0v) is 23.0. The quantitative estimate of drug-likeness (QED) is 0.343. The minimum atomic E-state index is -3.50. The Kier molecular flexibility index (Phi) is 8.86. The number of nitrogens with zero attached hydrogens (tertiary/aromatic N) is 4. The topological polar surface area (TPSA) is 124 Å². The van der Waals surface area contributed by atoms with Crippen LogP contribution in [0.3, 0.4) is 0 Å². The molecule has 2 heterocycles. The van der Waals surface area contributed by atoms with E-state index in [2.05, 4.69) is 48.8 Å². The Bertz CT molecular complexity index is 989. The lowest BCUT2D eigenvalue weighted by molar-refractivity contribution is 0.0375. The van der Waals surface area contributed by atoms with Crippen molar-refractivity contribution < 1.29 is 22.9 Å². The van der Waals surface area contributed by atoms with Gasteiger partial charge in [0.05, 0.1) is 18.8 Å². The summed E-state index contributed by atoms with van der Waals surface area (Å²) in [7, 11) is -5.58. The second-order valence-corrected chi connectivity index (χ2v) is 16.5. The largest absolute Gasteiger partial charge is 0.413 e. The summed E-state index contributed by atoms with van der Waals surface area (Å²) in [6.07, 6.45) is 3.29. The standard InChI is InChI=1S/C21H38N5O5PSi/c1-15(2)30-32(27,31-16(3)4)11-10-17(12-28-33(8,9)21(5,6)7)29-26-14-25-18-19(22)23-13-24-20(18)26/h10-11,13-17H,12H2,1-9H3,(H2,22,23,24)/b11-10+. The summed E-state index contributed by atoms with van der Waals surface area (Å²) in [6, 6.07) is 0. The van der Waals surface area contributed by atoms with Crippen molar-refractivity contribution in [2.45, 2.75) is 84.9 Å². The van der Waals surface area contributed by atoms with E-state index in [1.165, 1.54) is 23.2 Å². The highest BCUT2D eigenvalue weighted by Gasteiger charge is 2.38. The number of nitrogens with two attached hydrogens (primary N) is 1. The number of fused-ring (bicyclic) bond motifs is 1. The van der Waals surface area contributed by atoms with Crippen LogP contribution >= 0.6 is 7.60 Å². The molecule has 0 amide bonds. The normalized spacial score (nSPS) is 14.6. The van der Waals surface area contributed by atoms with Crippen molar-refractivity contribution >= 4 is 32.9 Å². The maximum absolute atomic E-state index is 13.3. The van der Waals surface area contributed by atoms with Gasteiger partial charge in [0.25, 0.3) is 0 Å². The van der Waals surface area contributed by atoms with Gasteiger partial charge in [0.1, 0.15) is 12.7 Å². The molecule has 12 heteroatoms. The van der Waals surface area contributed by atoms with Gasteiger partial charge in [-0.1, -0.05) is 20.8 Å². The predicted molar refractivity (Wildman–Crippen MR) is 132 cm³/mol. The monoisotopic (exact) mass is 499 g/mol. The maximum atomic E-state index is 13.3. The lowest BCUT2D eigenvalue weighted by Crippen LogP contribution is -2.43. The van der Waals surface area contributed by atoms with E-state index < -0.39 is 22.0 Å². The average molecular weight is 500 g/mol. The van der Waals surface area contributed by atoms with Crippen molar-refractivity contribution in [1.82, 2.24) is 19.7 Å². The Labute approximate surface area is 197 Å². The number of hydrogen-bond donors (Lipinski definition) is 1. The molecule has 1 unspecified atom stereocenters. The van der Waals surface area contributed by atoms with Gasteiger partial charge in [-0.2, -0.15) is 4.73 Å². The average Bonchev–Trinajstić information content (AvgIpc) is 3.06. The second kappa shape index (κ2) is 10.6. The molecular weight excluding hydrogens is 461 g/mol. The van der Waals surface area contributed by atoms with Gasteiger partial charge in [-0.15, -0.1) is 0 Å². The van der Waals surface area contributed by atoms with E-state index >= 15 is 0 Å². The van der Waals surface area contributed by atoms with Gasteiger partial charge in [0.15, 0.2) is 25.8 Å². The van der Waals surface area contributed by atoms with Gasteiger partial charge in [0.2, 0.25) is 5.65 Å². The van der Waals surface area contributed by atoms with Crippen LogP contribution in [0.1, 0.15) is 48.5 Å². The van der Waals surface area contributed by atoms with Crippen LogP contribution < -0.4 is 10.6 Å². The summed E-state index contributed by atoms with van der Waals surface area (Å²) in [4.78, 5) is 18.5. The maximum Gasteiger partial charge on any atom is 0.354 e. The third-order valence-electron chi connectivity index (χ3n) is 5.19. The van der Waals surface area contributed by atoms with Gasteiger partial charge < -0.3 is 24.0 Å². The first-order valence-corrected chi connectivity index (χ1v) is 15.6. The molecular formula is C21H38N5O5PSi. The molecule has 1 atom stereocenters. The fourth-order valence-electron chi connectivity index (χ4n) is 2.57. The predicted octanol–water partition coefficient (Wildman–Crippen LogP) is 4.78. The highest BCUT2D eigenvalue weighted by atomic mass is 31.2. The lowest BCUT2D eigenvalue weighted by Gasteiger charge is -2.36. The van der Waals surface area contributed by atoms with Gasteiger partial charge in [-0.25, -0.2) is 15.0 Å². The van der Waals surface area contributed by atoms with Crippen LogP contribution in [-0.4, -0.2) is 52.9 Å². The van der Waals surface area contributed by atoms with Crippen LogP contribution in [0.5, 0.6) is 0 Å². The van der Waals surface area contributed by atoms with E-state index in [9.17, 15) is 4.57 Å². The van der Waals surface area contributed by atoms with Crippen LogP contribution in [0.25, 0.3) is 11.2 Å². The minimum Gasteiger partial charge on any atom is -0.413 e. The van der Waals surface area contributed by atoms with Crippen molar-refractivity contribution in [2.24, 2.45) is 0 Å².